The zero-order valence-electron chi connectivity index (χ0n) is 7.49. The topological polar surface area (TPSA) is 46.3 Å². The fourth-order valence-electron chi connectivity index (χ4n) is 1.23. The van der Waals surface area contributed by atoms with Crippen molar-refractivity contribution in [1.29, 1.82) is 0 Å². The Bertz CT molecular complexity index is 445. The van der Waals surface area contributed by atoms with Crippen molar-refractivity contribution < 1.29 is 9.52 Å². The Hall–Kier alpha value is -1.48. The molecule has 4 heteroatoms. The summed E-state index contributed by atoms with van der Waals surface area (Å²) in [6, 6.07) is 4.91. The van der Waals surface area contributed by atoms with Crippen LogP contribution >= 0.6 is 11.6 Å². The zero-order valence-corrected chi connectivity index (χ0v) is 8.25. The number of phenols is 1. The van der Waals surface area contributed by atoms with Crippen molar-refractivity contribution in [3.05, 3.63) is 35.3 Å². The summed E-state index contributed by atoms with van der Waals surface area (Å²) in [7, 11) is 0. The van der Waals surface area contributed by atoms with Crippen molar-refractivity contribution in [3.8, 4) is 17.1 Å². The van der Waals surface area contributed by atoms with E-state index in [-0.39, 0.29) is 5.75 Å². The predicted octanol–water partition coefficient (Wildman–Crippen LogP) is 3.01. The summed E-state index contributed by atoms with van der Waals surface area (Å²) in [5.41, 5.74) is 0.481. The first-order valence-electron chi connectivity index (χ1n) is 4.09. The number of hydrogen-bond donors (Lipinski definition) is 1. The summed E-state index contributed by atoms with van der Waals surface area (Å²) in [5, 5.41) is 10.0. The van der Waals surface area contributed by atoms with Gasteiger partial charge in [0.2, 0.25) is 0 Å². The molecule has 0 radical (unpaired) electrons. The molecule has 1 N–H and O–H groups in total. The number of hydrogen-bond acceptors (Lipinski definition) is 3. The van der Waals surface area contributed by atoms with E-state index in [2.05, 4.69) is 4.98 Å². The van der Waals surface area contributed by atoms with Crippen LogP contribution in [0.4, 0.5) is 0 Å². The van der Waals surface area contributed by atoms with Crippen LogP contribution < -0.4 is 0 Å². The second-order valence-electron chi connectivity index (χ2n) is 2.88. The number of benzene rings is 1. The molecule has 1 aromatic carbocycles. The molecule has 2 rings (SSSR count). The van der Waals surface area contributed by atoms with Crippen molar-refractivity contribution >= 4 is 11.6 Å². The number of oxazole rings is 1. The van der Waals surface area contributed by atoms with E-state index in [4.69, 9.17) is 16.0 Å². The average Bonchev–Trinajstić information content (AvgIpc) is 2.51. The van der Waals surface area contributed by atoms with E-state index in [1.54, 1.807) is 25.1 Å². The van der Waals surface area contributed by atoms with Crippen LogP contribution in [-0.2, 0) is 0 Å². The van der Waals surface area contributed by atoms with Crippen LogP contribution in [0.2, 0.25) is 5.02 Å². The maximum Gasteiger partial charge on any atom is 0.191 e. The summed E-state index contributed by atoms with van der Waals surface area (Å²) < 4.78 is 5.28. The first-order valence-corrected chi connectivity index (χ1v) is 4.46. The third-order valence-corrected chi connectivity index (χ3v) is 2.17. The summed E-state index contributed by atoms with van der Waals surface area (Å²) in [6.45, 7) is 1.73. The number of aromatic nitrogens is 1. The molecule has 0 fully saturated rings. The number of aryl methyl sites for hydroxylation is 1. The van der Waals surface area contributed by atoms with E-state index in [9.17, 15) is 5.11 Å². The molecule has 1 heterocycles. The lowest BCUT2D eigenvalue weighted by molar-refractivity contribution is 0.472. The summed E-state index contributed by atoms with van der Waals surface area (Å²) >= 11 is 5.93. The number of phenolic OH excluding ortho intramolecular Hbond substituents is 1. The molecule has 0 aliphatic rings. The molecule has 0 aliphatic heterocycles. The molecule has 0 aliphatic carbocycles. The third kappa shape index (κ3) is 1.46. The highest BCUT2D eigenvalue weighted by atomic mass is 35.5. The summed E-state index contributed by atoms with van der Waals surface area (Å²) in [4.78, 5) is 3.94. The first-order chi connectivity index (χ1) is 6.68. The van der Waals surface area contributed by atoms with Gasteiger partial charge in [-0.05, 0) is 12.1 Å². The zero-order chi connectivity index (χ0) is 10.1. The standard InChI is InChI=1S/C10H8ClNO2/c1-6-12-5-9(14-6)10-7(11)3-2-4-8(10)13/h2-5,13H,1H3. The molecule has 14 heavy (non-hydrogen) atoms. The highest BCUT2D eigenvalue weighted by molar-refractivity contribution is 6.33. The number of nitrogens with zero attached hydrogens (tertiary/aromatic N) is 1. The number of aromatic hydroxyl groups is 1. The molecule has 1 aromatic heterocycles. The molecule has 72 valence electrons. The lowest BCUT2D eigenvalue weighted by Gasteiger charge is -2.02. The molecular weight excluding hydrogens is 202 g/mol. The van der Waals surface area contributed by atoms with Crippen LogP contribution in [-0.4, -0.2) is 10.1 Å². The minimum atomic E-state index is 0.0913. The molecule has 0 unspecified atom stereocenters. The van der Waals surface area contributed by atoms with Crippen LogP contribution in [0.3, 0.4) is 0 Å². The highest BCUT2D eigenvalue weighted by Gasteiger charge is 2.12. The van der Waals surface area contributed by atoms with Gasteiger partial charge in [-0.15, -0.1) is 0 Å². The van der Waals surface area contributed by atoms with Gasteiger partial charge in [-0.25, -0.2) is 4.98 Å². The number of rotatable bonds is 1. The highest BCUT2D eigenvalue weighted by Crippen LogP contribution is 2.35. The largest absolute Gasteiger partial charge is 0.507 e. The van der Waals surface area contributed by atoms with E-state index in [1.807, 2.05) is 0 Å². The Morgan fingerprint density at radius 2 is 2.21 bits per heavy atom. The Morgan fingerprint density at radius 3 is 2.79 bits per heavy atom. The van der Waals surface area contributed by atoms with Crippen molar-refractivity contribution in [2.45, 2.75) is 6.92 Å². The molecule has 3 nitrogen and oxygen atoms in total. The molecule has 0 atom stereocenters. The maximum absolute atomic E-state index is 9.58. The van der Waals surface area contributed by atoms with Gasteiger partial charge in [0, 0.05) is 6.92 Å². The van der Waals surface area contributed by atoms with Crippen molar-refractivity contribution in [1.82, 2.24) is 4.98 Å². The Kier molecular flexibility index (Phi) is 2.17. The fraction of sp³-hybridized carbons (Fsp3) is 0.100. The molecule has 0 amide bonds. The van der Waals surface area contributed by atoms with Gasteiger partial charge in [0.05, 0.1) is 16.8 Å². The quantitative estimate of drug-likeness (QED) is 0.785. The average molecular weight is 210 g/mol. The normalized spacial score (nSPS) is 10.4. The Labute approximate surface area is 86.0 Å². The van der Waals surface area contributed by atoms with Gasteiger partial charge in [0.15, 0.2) is 11.7 Å². The third-order valence-electron chi connectivity index (χ3n) is 1.86. The molecule has 0 saturated heterocycles. The number of halogens is 1. The maximum atomic E-state index is 9.58. The van der Waals surface area contributed by atoms with Crippen LogP contribution in [0, 0.1) is 6.92 Å². The van der Waals surface area contributed by atoms with E-state index in [1.165, 1.54) is 6.20 Å². The summed E-state index contributed by atoms with van der Waals surface area (Å²) in [6.07, 6.45) is 1.54. The Balaban J connectivity index is 2.61. The van der Waals surface area contributed by atoms with Gasteiger partial charge in [-0.2, -0.15) is 0 Å². The second-order valence-corrected chi connectivity index (χ2v) is 3.28. The SMILES string of the molecule is Cc1ncc(-c2c(O)cccc2Cl)o1. The van der Waals surface area contributed by atoms with E-state index in [0.29, 0.717) is 22.2 Å². The molecule has 2 aromatic rings. The lowest BCUT2D eigenvalue weighted by atomic mass is 10.1. The minimum absolute atomic E-state index is 0.0913. The van der Waals surface area contributed by atoms with Crippen molar-refractivity contribution in [2.24, 2.45) is 0 Å². The van der Waals surface area contributed by atoms with E-state index >= 15 is 0 Å². The van der Waals surface area contributed by atoms with Gasteiger partial charge in [0.25, 0.3) is 0 Å². The Morgan fingerprint density at radius 1 is 1.43 bits per heavy atom. The van der Waals surface area contributed by atoms with Crippen LogP contribution in [0.5, 0.6) is 5.75 Å². The van der Waals surface area contributed by atoms with E-state index in [0.717, 1.165) is 0 Å². The van der Waals surface area contributed by atoms with Gasteiger partial charge in [-0.1, -0.05) is 17.7 Å². The first kappa shape index (κ1) is 9.09. The summed E-state index contributed by atoms with van der Waals surface area (Å²) in [5.74, 6) is 1.11. The van der Waals surface area contributed by atoms with Crippen LogP contribution in [0.25, 0.3) is 11.3 Å². The molecular formula is C10H8ClNO2. The lowest BCUT2D eigenvalue weighted by Crippen LogP contribution is -1.77. The van der Waals surface area contributed by atoms with E-state index < -0.39 is 0 Å². The molecule has 0 bridgehead atoms. The van der Waals surface area contributed by atoms with Gasteiger partial charge in [0.1, 0.15) is 5.75 Å². The van der Waals surface area contributed by atoms with Gasteiger partial charge < -0.3 is 9.52 Å². The van der Waals surface area contributed by atoms with Crippen molar-refractivity contribution in [2.75, 3.05) is 0 Å². The fourth-order valence-corrected chi connectivity index (χ4v) is 1.50. The smallest absolute Gasteiger partial charge is 0.191 e. The van der Waals surface area contributed by atoms with Gasteiger partial charge in [-0.3, -0.25) is 0 Å². The predicted molar refractivity (Wildman–Crippen MR) is 53.4 cm³/mol. The van der Waals surface area contributed by atoms with Crippen LogP contribution in [0.15, 0.2) is 28.8 Å². The molecule has 0 spiro atoms. The minimum Gasteiger partial charge on any atom is -0.507 e. The second kappa shape index (κ2) is 3.35. The van der Waals surface area contributed by atoms with Gasteiger partial charge >= 0.3 is 0 Å². The monoisotopic (exact) mass is 209 g/mol. The van der Waals surface area contributed by atoms with Crippen LogP contribution in [0.1, 0.15) is 5.89 Å². The van der Waals surface area contributed by atoms with Crippen molar-refractivity contribution in [3.63, 3.8) is 0 Å². The molecule has 0 saturated carbocycles.